The Hall–Kier alpha value is -2.36. The van der Waals surface area contributed by atoms with Crippen molar-refractivity contribution in [3.8, 4) is 11.5 Å². The van der Waals surface area contributed by atoms with Gasteiger partial charge < -0.3 is 24.6 Å². The molecule has 1 aromatic heterocycles. The van der Waals surface area contributed by atoms with Crippen molar-refractivity contribution in [2.75, 3.05) is 51.9 Å². The van der Waals surface area contributed by atoms with Crippen molar-refractivity contribution in [2.24, 2.45) is 0 Å². The zero-order valence-corrected chi connectivity index (χ0v) is 19.1. The van der Waals surface area contributed by atoms with Crippen LogP contribution in [-0.2, 0) is 4.74 Å². The molecule has 3 aromatic rings. The van der Waals surface area contributed by atoms with Crippen LogP contribution in [-0.4, -0.2) is 72.6 Å². The Balaban J connectivity index is 1.54. The summed E-state index contributed by atoms with van der Waals surface area (Å²) in [6.07, 6.45) is 1.39. The highest BCUT2D eigenvalue weighted by Crippen LogP contribution is 2.35. The van der Waals surface area contributed by atoms with Crippen LogP contribution in [0.3, 0.4) is 0 Å². The Morgan fingerprint density at radius 2 is 2.06 bits per heavy atom. The van der Waals surface area contributed by atoms with Crippen LogP contribution in [0.4, 0.5) is 11.5 Å². The van der Waals surface area contributed by atoms with E-state index in [2.05, 4.69) is 20.2 Å². The van der Waals surface area contributed by atoms with Gasteiger partial charge in [0.25, 0.3) is 0 Å². The van der Waals surface area contributed by atoms with Gasteiger partial charge in [0.2, 0.25) is 0 Å². The number of fused-ring (bicyclic) bond motifs is 1. The second kappa shape index (κ2) is 10.5. The van der Waals surface area contributed by atoms with Gasteiger partial charge in [0.1, 0.15) is 24.9 Å². The molecule has 0 radical (unpaired) electrons. The number of methoxy groups -OCH3 is 1. The van der Waals surface area contributed by atoms with E-state index in [-0.39, 0.29) is 12.7 Å². The minimum atomic E-state index is -0.0898. The molecule has 2 N–H and O–H groups in total. The molecule has 1 atom stereocenters. The van der Waals surface area contributed by atoms with E-state index in [4.69, 9.17) is 42.5 Å². The minimum Gasteiger partial charge on any atom is -0.493 e. The van der Waals surface area contributed by atoms with Crippen molar-refractivity contribution in [3.63, 3.8) is 0 Å². The lowest BCUT2D eigenvalue weighted by atomic mass is 10.2. The van der Waals surface area contributed by atoms with Crippen LogP contribution in [0.1, 0.15) is 0 Å². The highest BCUT2D eigenvalue weighted by atomic mass is 35.5. The van der Waals surface area contributed by atoms with Crippen molar-refractivity contribution >= 4 is 45.6 Å². The molecule has 2 aromatic carbocycles. The largest absolute Gasteiger partial charge is 0.493 e. The SMILES string of the molecule is COc1cc2c(Nc3ccc(Cl)c(Cl)c3)ncnc2cc1OCC1CN(CCO)CCO1. The number of ether oxygens (including phenoxy) is 3. The van der Waals surface area contributed by atoms with Crippen molar-refractivity contribution in [1.29, 1.82) is 0 Å². The first-order valence-electron chi connectivity index (χ1n) is 10.2. The molecule has 10 heteroatoms. The third-order valence-electron chi connectivity index (χ3n) is 5.17. The number of hydrogen-bond donors (Lipinski definition) is 2. The van der Waals surface area contributed by atoms with Crippen molar-refractivity contribution < 1.29 is 19.3 Å². The molecular formula is C22H24Cl2N4O4. The molecule has 4 rings (SSSR count). The van der Waals surface area contributed by atoms with Crippen molar-refractivity contribution in [2.45, 2.75) is 6.10 Å². The van der Waals surface area contributed by atoms with Gasteiger partial charge in [-0.2, -0.15) is 0 Å². The number of aromatic nitrogens is 2. The fraction of sp³-hybridized carbons (Fsp3) is 0.364. The number of anilines is 2. The van der Waals surface area contributed by atoms with Gasteiger partial charge in [-0.05, 0) is 24.3 Å². The van der Waals surface area contributed by atoms with E-state index in [0.717, 1.165) is 17.6 Å². The van der Waals surface area contributed by atoms with Crippen molar-refractivity contribution in [1.82, 2.24) is 14.9 Å². The molecule has 1 unspecified atom stereocenters. The minimum absolute atomic E-state index is 0.0898. The smallest absolute Gasteiger partial charge is 0.163 e. The number of nitrogens with one attached hydrogen (secondary N) is 1. The summed E-state index contributed by atoms with van der Waals surface area (Å²) in [6.45, 7) is 3.25. The number of morpholine rings is 1. The van der Waals surface area contributed by atoms with E-state index in [0.29, 0.717) is 59.2 Å². The highest BCUT2D eigenvalue weighted by Gasteiger charge is 2.21. The molecule has 2 heterocycles. The third kappa shape index (κ3) is 5.33. The predicted molar refractivity (Wildman–Crippen MR) is 125 cm³/mol. The van der Waals surface area contributed by atoms with Crippen LogP contribution in [0, 0.1) is 0 Å². The van der Waals surface area contributed by atoms with E-state index >= 15 is 0 Å². The molecule has 170 valence electrons. The highest BCUT2D eigenvalue weighted by molar-refractivity contribution is 6.42. The Kier molecular flexibility index (Phi) is 7.49. The number of hydrogen-bond acceptors (Lipinski definition) is 8. The van der Waals surface area contributed by atoms with Gasteiger partial charge in [-0.1, -0.05) is 23.2 Å². The monoisotopic (exact) mass is 478 g/mol. The molecule has 0 amide bonds. The second-order valence-corrected chi connectivity index (χ2v) is 8.14. The maximum atomic E-state index is 9.16. The molecular weight excluding hydrogens is 455 g/mol. The lowest BCUT2D eigenvalue weighted by molar-refractivity contribution is -0.0510. The zero-order valence-electron chi connectivity index (χ0n) is 17.6. The van der Waals surface area contributed by atoms with Crippen LogP contribution in [0.15, 0.2) is 36.7 Å². The van der Waals surface area contributed by atoms with Crippen LogP contribution in [0.2, 0.25) is 10.0 Å². The summed E-state index contributed by atoms with van der Waals surface area (Å²) >= 11 is 12.1. The van der Waals surface area contributed by atoms with E-state index in [1.54, 1.807) is 19.2 Å². The lowest BCUT2D eigenvalue weighted by Gasteiger charge is -2.32. The van der Waals surface area contributed by atoms with Crippen LogP contribution in [0.5, 0.6) is 11.5 Å². The van der Waals surface area contributed by atoms with Crippen LogP contribution < -0.4 is 14.8 Å². The summed E-state index contributed by atoms with van der Waals surface area (Å²) in [5.74, 6) is 1.74. The first kappa shape index (κ1) is 22.8. The number of β-amino-alcohol motifs (C(OH)–C–C–N with tert-alkyl or cyclic N) is 1. The van der Waals surface area contributed by atoms with E-state index < -0.39 is 0 Å². The van der Waals surface area contributed by atoms with Crippen molar-refractivity contribution in [3.05, 3.63) is 46.7 Å². The van der Waals surface area contributed by atoms with Gasteiger partial charge in [-0.15, -0.1) is 0 Å². The molecule has 1 fully saturated rings. The second-order valence-electron chi connectivity index (χ2n) is 7.32. The molecule has 0 spiro atoms. The molecule has 32 heavy (non-hydrogen) atoms. The summed E-state index contributed by atoms with van der Waals surface area (Å²) < 4.78 is 17.4. The third-order valence-corrected chi connectivity index (χ3v) is 5.91. The van der Waals surface area contributed by atoms with Gasteiger partial charge in [0, 0.05) is 36.8 Å². The molecule has 0 saturated carbocycles. The molecule has 1 aliphatic heterocycles. The maximum absolute atomic E-state index is 9.16. The summed E-state index contributed by atoms with van der Waals surface area (Å²) in [5, 5.41) is 14.1. The number of halogens is 2. The van der Waals surface area contributed by atoms with Gasteiger partial charge in [-0.3, -0.25) is 4.90 Å². The average Bonchev–Trinajstić information content (AvgIpc) is 2.80. The van der Waals surface area contributed by atoms with Crippen LogP contribution >= 0.6 is 23.2 Å². The summed E-state index contributed by atoms with van der Waals surface area (Å²) in [4.78, 5) is 10.9. The quantitative estimate of drug-likeness (QED) is 0.505. The molecule has 8 nitrogen and oxygen atoms in total. The lowest BCUT2D eigenvalue weighted by Crippen LogP contribution is -2.45. The Bertz CT molecular complexity index is 1080. The van der Waals surface area contributed by atoms with E-state index in [9.17, 15) is 0 Å². The number of nitrogens with zero attached hydrogens (tertiary/aromatic N) is 3. The first-order valence-corrected chi connectivity index (χ1v) is 11.0. The van der Waals surface area contributed by atoms with Gasteiger partial charge in [0.05, 0.1) is 35.9 Å². The predicted octanol–water partition coefficient (Wildman–Crippen LogP) is 3.76. The Morgan fingerprint density at radius 1 is 1.19 bits per heavy atom. The standard InChI is InChI=1S/C22H24Cl2N4O4/c1-30-20-9-16-19(10-21(20)32-12-15-11-28(4-6-29)5-7-31-15)25-13-26-22(16)27-14-2-3-17(23)18(24)8-14/h2-3,8-10,13,15,29H,4-7,11-12H2,1H3,(H,25,26,27). The van der Waals surface area contributed by atoms with Gasteiger partial charge in [-0.25, -0.2) is 9.97 Å². The normalized spacial score (nSPS) is 16.8. The van der Waals surface area contributed by atoms with Gasteiger partial charge in [0.15, 0.2) is 11.5 Å². The van der Waals surface area contributed by atoms with E-state index in [1.165, 1.54) is 6.33 Å². The first-order chi connectivity index (χ1) is 15.6. The van der Waals surface area contributed by atoms with Crippen LogP contribution in [0.25, 0.3) is 10.9 Å². The number of rotatable bonds is 8. The average molecular weight is 479 g/mol. The Morgan fingerprint density at radius 3 is 2.84 bits per heavy atom. The molecule has 1 aliphatic rings. The fourth-order valence-corrected chi connectivity index (χ4v) is 3.85. The summed E-state index contributed by atoms with van der Waals surface area (Å²) in [6, 6.07) is 8.93. The fourth-order valence-electron chi connectivity index (χ4n) is 3.56. The number of benzene rings is 2. The molecule has 0 bridgehead atoms. The molecule has 0 aliphatic carbocycles. The zero-order chi connectivity index (χ0) is 22.5. The Labute approximate surface area is 196 Å². The maximum Gasteiger partial charge on any atom is 0.163 e. The van der Waals surface area contributed by atoms with E-state index in [1.807, 2.05) is 18.2 Å². The number of aliphatic hydroxyl groups excluding tert-OH is 1. The molecule has 1 saturated heterocycles. The number of aliphatic hydroxyl groups is 1. The summed E-state index contributed by atoms with van der Waals surface area (Å²) in [5.41, 5.74) is 1.45. The topological polar surface area (TPSA) is 89.0 Å². The summed E-state index contributed by atoms with van der Waals surface area (Å²) in [7, 11) is 1.59. The van der Waals surface area contributed by atoms with Gasteiger partial charge >= 0.3 is 0 Å².